The predicted molar refractivity (Wildman–Crippen MR) is 149 cm³/mol. The topological polar surface area (TPSA) is 102 Å². The first kappa shape index (κ1) is 26.9. The van der Waals surface area contributed by atoms with Gasteiger partial charge in [0.2, 0.25) is 5.91 Å². The maximum atomic E-state index is 13.8. The first-order valence-electron chi connectivity index (χ1n) is 13.9. The lowest BCUT2D eigenvalue weighted by Gasteiger charge is -2.30. The Balaban J connectivity index is 1.30. The molecule has 2 N–H and O–H groups in total. The Labute approximate surface area is 229 Å². The zero-order chi connectivity index (χ0) is 27.5. The Morgan fingerprint density at radius 2 is 1.67 bits per heavy atom. The lowest BCUT2D eigenvalue weighted by atomic mass is 10.0. The molecular formula is C30H37N5O4. The van der Waals surface area contributed by atoms with Crippen LogP contribution in [0.25, 0.3) is 0 Å². The molecule has 3 aliphatic heterocycles. The van der Waals surface area contributed by atoms with Gasteiger partial charge >= 0.3 is 0 Å². The van der Waals surface area contributed by atoms with Crippen LogP contribution in [0.5, 0.6) is 0 Å². The number of nitrogens with zero attached hydrogens (tertiary/aromatic N) is 3. The number of Topliss-reactive ketones (excluding diaryl/α,β-unsaturated/α-hetero) is 1. The van der Waals surface area contributed by atoms with Crippen molar-refractivity contribution in [1.29, 1.82) is 0 Å². The third-order valence-corrected chi connectivity index (χ3v) is 7.89. The van der Waals surface area contributed by atoms with Gasteiger partial charge in [0, 0.05) is 49.5 Å². The molecule has 206 valence electrons. The Morgan fingerprint density at radius 1 is 0.949 bits per heavy atom. The van der Waals surface area contributed by atoms with Crippen molar-refractivity contribution in [2.75, 3.05) is 44.2 Å². The van der Waals surface area contributed by atoms with Crippen LogP contribution in [-0.2, 0) is 9.59 Å². The third-order valence-electron chi connectivity index (χ3n) is 7.89. The maximum absolute atomic E-state index is 13.8. The van der Waals surface area contributed by atoms with Crippen molar-refractivity contribution in [2.24, 2.45) is 5.92 Å². The summed E-state index contributed by atoms with van der Waals surface area (Å²) in [5.41, 5.74) is 2.02. The van der Waals surface area contributed by atoms with E-state index in [1.54, 1.807) is 40.1 Å². The van der Waals surface area contributed by atoms with Crippen molar-refractivity contribution < 1.29 is 19.2 Å². The number of hydrogen-bond acceptors (Lipinski definition) is 6. The number of amides is 3. The number of likely N-dealkylation sites (tertiary alicyclic amines) is 2. The standard InChI is InChI=1S/C30H37N5O4/c1-20(2)17-24(32-28(37)22-9-6-10-23(18-22)33-15-12-31-13-16-33)30(39)34-14-11-25-27(34)26(36)19-35(25)29(38)21-7-4-3-5-8-21/h3-10,18,20,24-25,27,31H,11-17,19H2,1-2H3,(H,32,37)/t24-,25+,27-/m0/s1. The second-order valence-corrected chi connectivity index (χ2v) is 11.0. The predicted octanol–water partition coefficient (Wildman–Crippen LogP) is 1.94. The Morgan fingerprint density at radius 3 is 2.38 bits per heavy atom. The summed E-state index contributed by atoms with van der Waals surface area (Å²) in [5.74, 6) is -0.735. The molecule has 3 amide bonds. The Bertz CT molecular complexity index is 1230. The largest absolute Gasteiger partial charge is 0.369 e. The average Bonchev–Trinajstić information content (AvgIpc) is 3.54. The molecule has 3 heterocycles. The Hall–Kier alpha value is -3.72. The van der Waals surface area contributed by atoms with Gasteiger partial charge in [-0.25, -0.2) is 0 Å². The van der Waals surface area contributed by atoms with E-state index in [1.165, 1.54) is 0 Å². The van der Waals surface area contributed by atoms with E-state index in [1.807, 2.05) is 38.1 Å². The number of rotatable bonds is 7. The van der Waals surface area contributed by atoms with Gasteiger partial charge in [-0.15, -0.1) is 0 Å². The molecule has 3 fully saturated rings. The summed E-state index contributed by atoms with van der Waals surface area (Å²) in [6, 6.07) is 14.6. The van der Waals surface area contributed by atoms with Gasteiger partial charge in [-0.3, -0.25) is 19.2 Å². The Kier molecular flexibility index (Phi) is 7.97. The third kappa shape index (κ3) is 5.68. The smallest absolute Gasteiger partial charge is 0.254 e. The molecule has 0 aromatic heterocycles. The lowest BCUT2D eigenvalue weighted by molar-refractivity contribution is -0.138. The fraction of sp³-hybridized carbons (Fsp3) is 0.467. The van der Waals surface area contributed by atoms with Gasteiger partial charge < -0.3 is 25.3 Å². The molecule has 0 radical (unpaired) electrons. The number of carbonyl (C=O) groups is 4. The highest BCUT2D eigenvalue weighted by molar-refractivity contribution is 6.03. The number of piperazine rings is 1. The van der Waals surface area contributed by atoms with Crippen molar-refractivity contribution >= 4 is 29.2 Å². The molecule has 2 aromatic rings. The van der Waals surface area contributed by atoms with Crippen LogP contribution in [0.4, 0.5) is 5.69 Å². The number of nitrogens with one attached hydrogen (secondary N) is 2. The molecule has 0 saturated carbocycles. The summed E-state index contributed by atoms with van der Waals surface area (Å²) in [4.78, 5) is 58.9. The van der Waals surface area contributed by atoms with E-state index in [0.29, 0.717) is 30.5 Å². The van der Waals surface area contributed by atoms with Crippen LogP contribution in [0.1, 0.15) is 47.4 Å². The molecule has 2 aromatic carbocycles. The monoisotopic (exact) mass is 531 g/mol. The van der Waals surface area contributed by atoms with Gasteiger partial charge in [0.15, 0.2) is 5.78 Å². The van der Waals surface area contributed by atoms with Crippen LogP contribution in [0.15, 0.2) is 54.6 Å². The molecule has 0 spiro atoms. The maximum Gasteiger partial charge on any atom is 0.254 e. The first-order chi connectivity index (χ1) is 18.8. The summed E-state index contributed by atoms with van der Waals surface area (Å²) in [6.45, 7) is 7.91. The molecule has 5 rings (SSSR count). The molecule has 3 saturated heterocycles. The quantitative estimate of drug-likeness (QED) is 0.566. The van der Waals surface area contributed by atoms with Crippen molar-refractivity contribution in [2.45, 2.75) is 44.8 Å². The van der Waals surface area contributed by atoms with Crippen LogP contribution in [0.3, 0.4) is 0 Å². The van der Waals surface area contributed by atoms with E-state index in [-0.39, 0.29) is 42.0 Å². The molecule has 0 bridgehead atoms. The van der Waals surface area contributed by atoms with Gasteiger partial charge in [-0.1, -0.05) is 38.1 Å². The summed E-state index contributed by atoms with van der Waals surface area (Å²) < 4.78 is 0. The molecule has 0 unspecified atom stereocenters. The van der Waals surface area contributed by atoms with Crippen LogP contribution in [0.2, 0.25) is 0 Å². The fourth-order valence-electron chi connectivity index (χ4n) is 5.99. The highest BCUT2D eigenvalue weighted by atomic mass is 16.2. The molecule has 9 heteroatoms. The van der Waals surface area contributed by atoms with Gasteiger partial charge in [0.05, 0.1) is 12.6 Å². The van der Waals surface area contributed by atoms with Crippen molar-refractivity contribution in [3.05, 3.63) is 65.7 Å². The number of fused-ring (bicyclic) bond motifs is 1. The van der Waals surface area contributed by atoms with E-state index >= 15 is 0 Å². The van der Waals surface area contributed by atoms with E-state index in [2.05, 4.69) is 15.5 Å². The average molecular weight is 532 g/mol. The van der Waals surface area contributed by atoms with E-state index in [4.69, 9.17) is 0 Å². The van der Waals surface area contributed by atoms with Crippen molar-refractivity contribution in [3.8, 4) is 0 Å². The second kappa shape index (κ2) is 11.6. The highest BCUT2D eigenvalue weighted by Gasteiger charge is 2.52. The van der Waals surface area contributed by atoms with Crippen LogP contribution < -0.4 is 15.5 Å². The lowest BCUT2D eigenvalue weighted by Crippen LogP contribution is -2.53. The van der Waals surface area contributed by atoms with Crippen molar-refractivity contribution in [3.63, 3.8) is 0 Å². The number of ketones is 1. The fourth-order valence-corrected chi connectivity index (χ4v) is 5.99. The molecule has 3 aliphatic rings. The summed E-state index contributed by atoms with van der Waals surface area (Å²) >= 11 is 0. The summed E-state index contributed by atoms with van der Waals surface area (Å²) in [5, 5.41) is 6.31. The van der Waals surface area contributed by atoms with Gasteiger partial charge in [-0.2, -0.15) is 0 Å². The molecular weight excluding hydrogens is 494 g/mol. The number of anilines is 1. The second-order valence-electron chi connectivity index (χ2n) is 11.0. The molecule has 39 heavy (non-hydrogen) atoms. The van der Waals surface area contributed by atoms with E-state index in [9.17, 15) is 19.2 Å². The minimum Gasteiger partial charge on any atom is -0.369 e. The van der Waals surface area contributed by atoms with Gasteiger partial charge in [-0.05, 0) is 49.1 Å². The normalized spacial score (nSPS) is 21.7. The number of hydrogen-bond donors (Lipinski definition) is 2. The first-order valence-corrected chi connectivity index (χ1v) is 13.9. The minimum absolute atomic E-state index is 0.00708. The van der Waals surface area contributed by atoms with E-state index in [0.717, 1.165) is 31.9 Å². The highest BCUT2D eigenvalue weighted by Crippen LogP contribution is 2.32. The summed E-state index contributed by atoms with van der Waals surface area (Å²) in [6.07, 6.45) is 0.993. The molecule has 9 nitrogen and oxygen atoms in total. The molecule has 3 atom stereocenters. The van der Waals surface area contributed by atoms with Crippen LogP contribution in [0, 0.1) is 5.92 Å². The van der Waals surface area contributed by atoms with Crippen LogP contribution in [-0.4, -0.2) is 90.7 Å². The summed E-state index contributed by atoms with van der Waals surface area (Å²) in [7, 11) is 0. The minimum atomic E-state index is -0.759. The van der Waals surface area contributed by atoms with E-state index < -0.39 is 12.1 Å². The zero-order valence-electron chi connectivity index (χ0n) is 22.6. The number of benzene rings is 2. The number of carbonyl (C=O) groups excluding carboxylic acids is 4. The van der Waals surface area contributed by atoms with Gasteiger partial charge in [0.25, 0.3) is 11.8 Å². The molecule has 0 aliphatic carbocycles. The zero-order valence-corrected chi connectivity index (χ0v) is 22.6. The van der Waals surface area contributed by atoms with Gasteiger partial charge in [0.1, 0.15) is 12.1 Å². The SMILES string of the molecule is CC(C)C[C@H](NC(=O)c1cccc(N2CCNCC2)c1)C(=O)N1CC[C@@H]2[C@H]1C(=O)CN2C(=O)c1ccccc1. The van der Waals surface area contributed by atoms with Crippen LogP contribution >= 0.6 is 0 Å². The van der Waals surface area contributed by atoms with Crippen molar-refractivity contribution in [1.82, 2.24) is 20.4 Å².